The standard InChI is InChI=1S/C24H19N3O3S/c1-2-20-27-21(16-9-6-10-18(13-16)24(29)30)22(31-20)17-11-12-25-19(14-17)26-23(28)15-7-4-3-5-8-15/h3-14H,2H2,1H3,(H,29,30)(H,25,26,28). The Morgan fingerprint density at radius 1 is 0.968 bits per heavy atom. The van der Waals surface area contributed by atoms with Gasteiger partial charge in [-0.15, -0.1) is 11.3 Å². The summed E-state index contributed by atoms with van der Waals surface area (Å²) in [4.78, 5) is 33.8. The van der Waals surface area contributed by atoms with Crippen molar-refractivity contribution < 1.29 is 14.7 Å². The van der Waals surface area contributed by atoms with Crippen LogP contribution in [0.5, 0.6) is 0 Å². The van der Waals surface area contributed by atoms with E-state index < -0.39 is 5.97 Å². The number of thiazole rings is 1. The van der Waals surface area contributed by atoms with Crippen molar-refractivity contribution in [3.05, 3.63) is 89.1 Å². The van der Waals surface area contributed by atoms with Crippen LogP contribution in [0.25, 0.3) is 21.7 Å². The quantitative estimate of drug-likeness (QED) is 0.429. The van der Waals surface area contributed by atoms with E-state index in [1.807, 2.05) is 25.1 Å². The van der Waals surface area contributed by atoms with E-state index in [1.165, 1.54) is 0 Å². The fraction of sp³-hybridized carbons (Fsp3) is 0.0833. The van der Waals surface area contributed by atoms with Crippen molar-refractivity contribution in [3.8, 4) is 21.7 Å². The van der Waals surface area contributed by atoms with Crippen LogP contribution in [0.2, 0.25) is 0 Å². The number of aryl methyl sites for hydroxylation is 1. The van der Waals surface area contributed by atoms with Crippen molar-refractivity contribution in [2.75, 3.05) is 5.32 Å². The number of nitrogens with one attached hydrogen (secondary N) is 1. The molecule has 154 valence electrons. The first-order chi connectivity index (χ1) is 15.0. The molecule has 0 aliphatic carbocycles. The van der Waals surface area contributed by atoms with Crippen molar-refractivity contribution in [2.45, 2.75) is 13.3 Å². The molecule has 4 rings (SSSR count). The number of aromatic nitrogens is 2. The summed E-state index contributed by atoms with van der Waals surface area (Å²) in [5.74, 6) is -0.787. The molecule has 0 radical (unpaired) electrons. The summed E-state index contributed by atoms with van der Waals surface area (Å²) in [7, 11) is 0. The predicted octanol–water partition coefficient (Wildman–Crippen LogP) is 5.39. The fourth-order valence-corrected chi connectivity index (χ4v) is 4.15. The van der Waals surface area contributed by atoms with Gasteiger partial charge in [0.2, 0.25) is 0 Å². The minimum Gasteiger partial charge on any atom is -0.478 e. The number of carboxylic acid groups (broad SMARTS) is 1. The predicted molar refractivity (Wildman–Crippen MR) is 122 cm³/mol. The van der Waals surface area contributed by atoms with Gasteiger partial charge >= 0.3 is 5.97 Å². The van der Waals surface area contributed by atoms with Gasteiger partial charge in [-0.2, -0.15) is 0 Å². The van der Waals surface area contributed by atoms with E-state index in [1.54, 1.807) is 66.1 Å². The number of carboxylic acids is 1. The maximum absolute atomic E-state index is 12.5. The molecule has 0 spiro atoms. The number of carbonyl (C=O) groups is 2. The van der Waals surface area contributed by atoms with Gasteiger partial charge in [0.15, 0.2) is 0 Å². The molecule has 0 aliphatic heterocycles. The van der Waals surface area contributed by atoms with E-state index in [0.29, 0.717) is 11.4 Å². The second kappa shape index (κ2) is 8.89. The zero-order valence-corrected chi connectivity index (χ0v) is 17.5. The summed E-state index contributed by atoms with van der Waals surface area (Å²) in [6.45, 7) is 2.03. The second-order valence-corrected chi connectivity index (χ2v) is 7.86. The van der Waals surface area contributed by atoms with Gasteiger partial charge in [0.1, 0.15) is 5.82 Å². The monoisotopic (exact) mass is 429 g/mol. The lowest BCUT2D eigenvalue weighted by Gasteiger charge is -2.07. The lowest BCUT2D eigenvalue weighted by molar-refractivity contribution is 0.0696. The first kappa shape index (κ1) is 20.4. The molecule has 0 aliphatic rings. The van der Waals surface area contributed by atoms with E-state index in [2.05, 4.69) is 10.3 Å². The Morgan fingerprint density at radius 2 is 1.74 bits per heavy atom. The van der Waals surface area contributed by atoms with Gasteiger partial charge in [-0.3, -0.25) is 4.79 Å². The third kappa shape index (κ3) is 4.51. The topological polar surface area (TPSA) is 92.2 Å². The molecular formula is C24H19N3O3S. The number of carbonyl (C=O) groups excluding carboxylic acids is 1. The fourth-order valence-electron chi connectivity index (χ4n) is 3.12. The molecule has 2 N–H and O–H groups in total. The van der Waals surface area contributed by atoms with Crippen LogP contribution >= 0.6 is 11.3 Å². The minimum absolute atomic E-state index is 0.208. The molecule has 0 atom stereocenters. The summed E-state index contributed by atoms with van der Waals surface area (Å²) in [5.41, 5.74) is 3.06. The average molecular weight is 430 g/mol. The Hall–Kier alpha value is -3.84. The Kier molecular flexibility index (Phi) is 5.86. The highest BCUT2D eigenvalue weighted by Gasteiger charge is 2.17. The van der Waals surface area contributed by atoms with Crippen molar-refractivity contribution in [3.63, 3.8) is 0 Å². The SMILES string of the molecule is CCc1nc(-c2cccc(C(=O)O)c2)c(-c2ccnc(NC(=O)c3ccccc3)c2)s1. The zero-order valence-electron chi connectivity index (χ0n) is 16.7. The number of anilines is 1. The maximum atomic E-state index is 12.5. The van der Waals surface area contributed by atoms with E-state index >= 15 is 0 Å². The van der Waals surface area contributed by atoms with Gasteiger partial charge in [-0.25, -0.2) is 14.8 Å². The molecule has 31 heavy (non-hydrogen) atoms. The van der Waals surface area contributed by atoms with Gasteiger partial charge in [0.25, 0.3) is 5.91 Å². The summed E-state index contributed by atoms with van der Waals surface area (Å²) >= 11 is 1.55. The van der Waals surface area contributed by atoms with Crippen molar-refractivity contribution >= 4 is 29.0 Å². The van der Waals surface area contributed by atoms with Gasteiger partial charge in [-0.05, 0) is 48.4 Å². The largest absolute Gasteiger partial charge is 0.478 e. The lowest BCUT2D eigenvalue weighted by atomic mass is 10.0. The van der Waals surface area contributed by atoms with E-state index in [9.17, 15) is 14.7 Å². The molecule has 4 aromatic rings. The molecule has 1 amide bonds. The number of hydrogen-bond donors (Lipinski definition) is 2. The van der Waals surface area contributed by atoms with Crippen LogP contribution in [0.1, 0.15) is 32.6 Å². The summed E-state index contributed by atoms with van der Waals surface area (Å²) in [6.07, 6.45) is 2.40. The van der Waals surface area contributed by atoms with Gasteiger partial charge in [-0.1, -0.05) is 37.3 Å². The minimum atomic E-state index is -0.982. The van der Waals surface area contributed by atoms with Gasteiger partial charge in [0, 0.05) is 17.3 Å². The van der Waals surface area contributed by atoms with E-state index in [0.717, 1.165) is 33.1 Å². The first-order valence-electron chi connectivity index (χ1n) is 9.71. The third-order valence-corrected chi connectivity index (χ3v) is 5.91. The molecule has 7 heteroatoms. The average Bonchev–Trinajstić information content (AvgIpc) is 3.25. The highest BCUT2D eigenvalue weighted by Crippen LogP contribution is 2.38. The number of aromatic carboxylic acids is 1. The third-order valence-electron chi connectivity index (χ3n) is 4.66. The van der Waals surface area contributed by atoms with E-state index in [4.69, 9.17) is 4.98 Å². The van der Waals surface area contributed by atoms with Crippen LogP contribution in [0, 0.1) is 0 Å². The number of benzene rings is 2. The molecule has 0 saturated heterocycles. The summed E-state index contributed by atoms with van der Waals surface area (Å²) < 4.78 is 0. The normalized spacial score (nSPS) is 10.6. The zero-order chi connectivity index (χ0) is 21.8. The van der Waals surface area contributed by atoms with Crippen LogP contribution in [-0.4, -0.2) is 27.0 Å². The Morgan fingerprint density at radius 3 is 2.48 bits per heavy atom. The smallest absolute Gasteiger partial charge is 0.335 e. The van der Waals surface area contributed by atoms with Crippen LogP contribution < -0.4 is 5.32 Å². The number of pyridine rings is 1. The molecule has 0 bridgehead atoms. The number of nitrogens with zero attached hydrogens (tertiary/aromatic N) is 2. The number of amides is 1. The Balaban J connectivity index is 1.71. The van der Waals surface area contributed by atoms with Crippen molar-refractivity contribution in [1.82, 2.24) is 9.97 Å². The molecule has 2 aromatic carbocycles. The van der Waals surface area contributed by atoms with Crippen molar-refractivity contribution in [2.24, 2.45) is 0 Å². The first-order valence-corrected chi connectivity index (χ1v) is 10.5. The van der Waals surface area contributed by atoms with E-state index in [-0.39, 0.29) is 11.5 Å². The Labute approximate surface area is 183 Å². The molecule has 0 unspecified atom stereocenters. The Bertz CT molecular complexity index is 1250. The highest BCUT2D eigenvalue weighted by atomic mass is 32.1. The van der Waals surface area contributed by atoms with Crippen LogP contribution in [-0.2, 0) is 6.42 Å². The van der Waals surface area contributed by atoms with Gasteiger partial charge in [0.05, 0.1) is 21.1 Å². The lowest BCUT2D eigenvalue weighted by Crippen LogP contribution is -2.12. The highest BCUT2D eigenvalue weighted by molar-refractivity contribution is 7.15. The van der Waals surface area contributed by atoms with Crippen LogP contribution in [0.4, 0.5) is 5.82 Å². The molecular weight excluding hydrogens is 410 g/mol. The number of rotatable bonds is 6. The summed E-state index contributed by atoms with van der Waals surface area (Å²) in [5, 5.41) is 13.1. The molecule has 2 heterocycles. The van der Waals surface area contributed by atoms with Crippen LogP contribution in [0.3, 0.4) is 0 Å². The van der Waals surface area contributed by atoms with Crippen molar-refractivity contribution in [1.29, 1.82) is 0 Å². The molecule has 6 nitrogen and oxygen atoms in total. The van der Waals surface area contributed by atoms with Gasteiger partial charge < -0.3 is 10.4 Å². The summed E-state index contributed by atoms with van der Waals surface area (Å²) in [6, 6.07) is 19.4. The van der Waals surface area contributed by atoms with Crippen LogP contribution in [0.15, 0.2) is 72.9 Å². The molecule has 0 fully saturated rings. The number of hydrogen-bond acceptors (Lipinski definition) is 5. The second-order valence-electron chi connectivity index (χ2n) is 6.77. The molecule has 2 aromatic heterocycles. The maximum Gasteiger partial charge on any atom is 0.335 e. The molecule has 0 saturated carbocycles.